The number of hydrogen-bond acceptors (Lipinski definition) is 1. The maximum absolute atomic E-state index is 3.31. The smallest absolute Gasteiger partial charge is 0.00984 e. The van der Waals surface area contributed by atoms with Gasteiger partial charge in [0.1, 0.15) is 0 Å². The molecule has 0 aromatic carbocycles. The van der Waals surface area contributed by atoms with Gasteiger partial charge in [0.15, 0.2) is 0 Å². The van der Waals surface area contributed by atoms with Crippen LogP contribution in [0.25, 0.3) is 0 Å². The standard InChI is InChI=1S/C10H21N/c1-4-6-7-9-10(11-3)8-5-2/h6-7,10-11H,4-5,8-9H2,1-3H3/b7-6-. The Morgan fingerprint density at radius 3 is 2.45 bits per heavy atom. The number of allylic oxidation sites excluding steroid dienone is 1. The molecule has 11 heavy (non-hydrogen) atoms. The lowest BCUT2D eigenvalue weighted by atomic mass is 10.1. The highest BCUT2D eigenvalue weighted by Gasteiger charge is 1.99. The molecule has 1 atom stereocenters. The van der Waals surface area contributed by atoms with Gasteiger partial charge < -0.3 is 5.32 Å². The van der Waals surface area contributed by atoms with E-state index in [1.54, 1.807) is 0 Å². The highest BCUT2D eigenvalue weighted by Crippen LogP contribution is 2.01. The van der Waals surface area contributed by atoms with E-state index in [-0.39, 0.29) is 0 Å². The van der Waals surface area contributed by atoms with Crippen LogP contribution in [0.4, 0.5) is 0 Å². The van der Waals surface area contributed by atoms with Crippen molar-refractivity contribution in [1.82, 2.24) is 5.32 Å². The summed E-state index contributed by atoms with van der Waals surface area (Å²) in [7, 11) is 2.04. The average Bonchev–Trinajstić information content (AvgIpc) is 2.03. The highest BCUT2D eigenvalue weighted by molar-refractivity contribution is 4.84. The van der Waals surface area contributed by atoms with Crippen LogP contribution in [0.5, 0.6) is 0 Å². The third-order valence-corrected chi connectivity index (χ3v) is 1.87. The van der Waals surface area contributed by atoms with Crippen molar-refractivity contribution in [2.24, 2.45) is 0 Å². The van der Waals surface area contributed by atoms with E-state index in [0.717, 1.165) is 6.42 Å². The molecule has 1 unspecified atom stereocenters. The molecule has 0 rings (SSSR count). The molecule has 66 valence electrons. The normalized spacial score (nSPS) is 14.1. The molecular weight excluding hydrogens is 134 g/mol. The molecule has 0 bridgehead atoms. The van der Waals surface area contributed by atoms with Crippen molar-refractivity contribution in [2.75, 3.05) is 7.05 Å². The first kappa shape index (κ1) is 10.7. The fraction of sp³-hybridized carbons (Fsp3) is 0.800. The molecule has 0 saturated heterocycles. The molecule has 0 aliphatic rings. The quantitative estimate of drug-likeness (QED) is 0.582. The average molecular weight is 155 g/mol. The van der Waals surface area contributed by atoms with Gasteiger partial charge in [0.25, 0.3) is 0 Å². The van der Waals surface area contributed by atoms with Gasteiger partial charge >= 0.3 is 0 Å². The number of nitrogens with one attached hydrogen (secondary N) is 1. The Labute approximate surface area is 70.9 Å². The lowest BCUT2D eigenvalue weighted by Crippen LogP contribution is -2.23. The molecule has 0 spiro atoms. The Kier molecular flexibility index (Phi) is 7.59. The van der Waals surface area contributed by atoms with Gasteiger partial charge in [-0.2, -0.15) is 0 Å². The van der Waals surface area contributed by atoms with Crippen LogP contribution >= 0.6 is 0 Å². The van der Waals surface area contributed by atoms with E-state index in [0.29, 0.717) is 6.04 Å². The Hall–Kier alpha value is -0.300. The predicted molar refractivity (Wildman–Crippen MR) is 51.8 cm³/mol. The highest BCUT2D eigenvalue weighted by atomic mass is 14.9. The lowest BCUT2D eigenvalue weighted by Gasteiger charge is -2.11. The van der Waals surface area contributed by atoms with Crippen LogP contribution in [-0.4, -0.2) is 13.1 Å². The van der Waals surface area contributed by atoms with Crippen molar-refractivity contribution >= 4 is 0 Å². The van der Waals surface area contributed by atoms with E-state index in [1.807, 2.05) is 7.05 Å². The molecule has 1 nitrogen and oxygen atoms in total. The number of hydrogen-bond donors (Lipinski definition) is 1. The Balaban J connectivity index is 3.42. The Morgan fingerprint density at radius 2 is 2.00 bits per heavy atom. The van der Waals surface area contributed by atoms with Gasteiger partial charge in [-0.3, -0.25) is 0 Å². The monoisotopic (exact) mass is 155 g/mol. The molecule has 0 aliphatic carbocycles. The molecule has 1 heteroatoms. The molecule has 1 N–H and O–H groups in total. The first-order valence-electron chi connectivity index (χ1n) is 4.67. The van der Waals surface area contributed by atoms with Crippen molar-refractivity contribution in [3.05, 3.63) is 12.2 Å². The van der Waals surface area contributed by atoms with E-state index in [9.17, 15) is 0 Å². The van der Waals surface area contributed by atoms with Gasteiger partial charge in [-0.1, -0.05) is 32.4 Å². The van der Waals surface area contributed by atoms with Gasteiger partial charge in [0.2, 0.25) is 0 Å². The molecule has 0 amide bonds. The molecular formula is C10H21N. The second-order valence-corrected chi connectivity index (χ2v) is 2.89. The zero-order valence-corrected chi connectivity index (χ0v) is 8.06. The zero-order chi connectivity index (χ0) is 8.53. The largest absolute Gasteiger partial charge is 0.317 e. The minimum absolute atomic E-state index is 0.683. The van der Waals surface area contributed by atoms with Gasteiger partial charge in [0.05, 0.1) is 0 Å². The zero-order valence-electron chi connectivity index (χ0n) is 8.06. The molecule has 0 saturated carbocycles. The summed E-state index contributed by atoms with van der Waals surface area (Å²) in [4.78, 5) is 0. The summed E-state index contributed by atoms with van der Waals surface area (Å²) in [5, 5.41) is 3.31. The minimum atomic E-state index is 0.683. The Morgan fingerprint density at radius 1 is 1.27 bits per heavy atom. The maximum Gasteiger partial charge on any atom is 0.00984 e. The topological polar surface area (TPSA) is 12.0 Å². The summed E-state index contributed by atoms with van der Waals surface area (Å²) in [5.41, 5.74) is 0. The lowest BCUT2D eigenvalue weighted by molar-refractivity contribution is 0.521. The summed E-state index contributed by atoms with van der Waals surface area (Å²) >= 11 is 0. The molecule has 0 aromatic rings. The molecule has 0 fully saturated rings. The second kappa shape index (κ2) is 7.80. The summed E-state index contributed by atoms with van der Waals surface area (Å²) in [6.45, 7) is 4.40. The van der Waals surface area contributed by atoms with Crippen LogP contribution < -0.4 is 5.32 Å². The first-order valence-corrected chi connectivity index (χ1v) is 4.67. The van der Waals surface area contributed by atoms with Crippen molar-refractivity contribution in [1.29, 1.82) is 0 Å². The molecule has 0 radical (unpaired) electrons. The van der Waals surface area contributed by atoms with E-state index in [2.05, 4.69) is 31.3 Å². The van der Waals surface area contributed by atoms with Crippen LogP contribution in [0.2, 0.25) is 0 Å². The second-order valence-electron chi connectivity index (χ2n) is 2.89. The van der Waals surface area contributed by atoms with E-state index >= 15 is 0 Å². The summed E-state index contributed by atoms with van der Waals surface area (Å²) < 4.78 is 0. The van der Waals surface area contributed by atoms with Crippen molar-refractivity contribution in [3.63, 3.8) is 0 Å². The van der Waals surface area contributed by atoms with Crippen molar-refractivity contribution in [2.45, 2.75) is 45.6 Å². The van der Waals surface area contributed by atoms with Gasteiger partial charge in [-0.05, 0) is 26.3 Å². The van der Waals surface area contributed by atoms with Crippen molar-refractivity contribution < 1.29 is 0 Å². The molecule has 0 heterocycles. The van der Waals surface area contributed by atoms with Gasteiger partial charge in [-0.25, -0.2) is 0 Å². The van der Waals surface area contributed by atoms with Crippen LogP contribution in [-0.2, 0) is 0 Å². The SMILES string of the molecule is CC/C=C\CC(CCC)NC. The van der Waals surface area contributed by atoms with Crippen molar-refractivity contribution in [3.8, 4) is 0 Å². The Bertz CT molecular complexity index is 97.0. The number of rotatable bonds is 6. The third kappa shape index (κ3) is 6.11. The third-order valence-electron chi connectivity index (χ3n) is 1.87. The maximum atomic E-state index is 3.31. The summed E-state index contributed by atoms with van der Waals surface area (Å²) in [5.74, 6) is 0. The summed E-state index contributed by atoms with van der Waals surface area (Å²) in [6, 6.07) is 0.683. The van der Waals surface area contributed by atoms with Gasteiger partial charge in [-0.15, -0.1) is 0 Å². The van der Waals surface area contributed by atoms with Crippen LogP contribution in [0.1, 0.15) is 39.5 Å². The molecule has 0 aromatic heterocycles. The van der Waals surface area contributed by atoms with Crippen LogP contribution in [0.15, 0.2) is 12.2 Å². The van der Waals surface area contributed by atoms with E-state index in [4.69, 9.17) is 0 Å². The predicted octanol–water partition coefficient (Wildman–Crippen LogP) is 2.73. The molecule has 0 aliphatic heterocycles. The fourth-order valence-electron chi connectivity index (χ4n) is 1.16. The van der Waals surface area contributed by atoms with Crippen LogP contribution in [0, 0.1) is 0 Å². The van der Waals surface area contributed by atoms with E-state index < -0.39 is 0 Å². The van der Waals surface area contributed by atoms with Crippen LogP contribution in [0.3, 0.4) is 0 Å². The minimum Gasteiger partial charge on any atom is -0.317 e. The van der Waals surface area contributed by atoms with E-state index in [1.165, 1.54) is 19.3 Å². The van der Waals surface area contributed by atoms with Gasteiger partial charge in [0, 0.05) is 6.04 Å². The summed E-state index contributed by atoms with van der Waals surface area (Å²) in [6.07, 6.45) is 9.40. The first-order chi connectivity index (χ1) is 5.35. The fourth-order valence-corrected chi connectivity index (χ4v) is 1.16.